The number of nitrogens with one attached hydrogen (secondary N) is 2. The van der Waals surface area contributed by atoms with Crippen molar-refractivity contribution in [3.05, 3.63) is 26.9 Å². The van der Waals surface area contributed by atoms with Gasteiger partial charge in [0.15, 0.2) is 12.0 Å². The van der Waals surface area contributed by atoms with Crippen LogP contribution in [0.25, 0.3) is 0 Å². The third-order valence-corrected chi connectivity index (χ3v) is 3.41. The number of aliphatic imine (C=N–C) groups is 1. The molecule has 2 N–H and O–H groups in total. The Labute approximate surface area is 128 Å². The predicted molar refractivity (Wildman–Crippen MR) is 80.8 cm³/mol. The Balaban J connectivity index is 2.27. The SMILES string of the molecule is CC(C)(C)NC1=NC(c2ncc(Br)cc2Br)C(=O)N1. The molecule has 19 heavy (non-hydrogen) atoms. The van der Waals surface area contributed by atoms with Crippen LogP contribution in [-0.4, -0.2) is 22.4 Å². The van der Waals surface area contributed by atoms with Crippen molar-refractivity contribution in [1.82, 2.24) is 15.6 Å². The number of amides is 1. The van der Waals surface area contributed by atoms with E-state index in [0.717, 1.165) is 8.95 Å². The predicted octanol–water partition coefficient (Wildman–Crippen LogP) is 2.52. The summed E-state index contributed by atoms with van der Waals surface area (Å²) in [7, 11) is 0. The van der Waals surface area contributed by atoms with Gasteiger partial charge in [-0.1, -0.05) is 0 Å². The number of halogens is 2. The summed E-state index contributed by atoms with van der Waals surface area (Å²) < 4.78 is 1.60. The lowest BCUT2D eigenvalue weighted by Crippen LogP contribution is -2.46. The molecule has 7 heteroatoms. The van der Waals surface area contributed by atoms with Crippen molar-refractivity contribution >= 4 is 43.7 Å². The number of pyridine rings is 1. The summed E-state index contributed by atoms with van der Waals surface area (Å²) >= 11 is 6.73. The molecule has 0 aliphatic carbocycles. The molecule has 1 amide bonds. The molecule has 1 aromatic rings. The summed E-state index contributed by atoms with van der Waals surface area (Å²) in [5.41, 5.74) is 0.442. The Kier molecular flexibility index (Phi) is 3.96. The molecule has 0 radical (unpaired) electrons. The zero-order valence-electron chi connectivity index (χ0n) is 10.8. The van der Waals surface area contributed by atoms with Gasteiger partial charge < -0.3 is 5.32 Å². The number of aromatic nitrogens is 1. The highest BCUT2D eigenvalue weighted by Crippen LogP contribution is 2.28. The number of carbonyl (C=O) groups is 1. The molecule has 0 bridgehead atoms. The van der Waals surface area contributed by atoms with E-state index in [2.05, 4.69) is 52.5 Å². The Morgan fingerprint density at radius 2 is 2.05 bits per heavy atom. The Morgan fingerprint density at radius 3 is 2.63 bits per heavy atom. The number of guanidine groups is 1. The van der Waals surface area contributed by atoms with E-state index in [1.165, 1.54) is 0 Å². The van der Waals surface area contributed by atoms with Gasteiger partial charge in [-0.05, 0) is 58.7 Å². The second-order valence-corrected chi connectivity index (χ2v) is 7.04. The largest absolute Gasteiger partial charge is 0.351 e. The molecule has 0 saturated heterocycles. The summed E-state index contributed by atoms with van der Waals surface area (Å²) in [6, 6.07) is 1.23. The van der Waals surface area contributed by atoms with E-state index in [-0.39, 0.29) is 11.4 Å². The molecule has 1 aliphatic heterocycles. The van der Waals surface area contributed by atoms with Crippen LogP contribution in [0.1, 0.15) is 32.5 Å². The molecule has 1 aliphatic rings. The van der Waals surface area contributed by atoms with Crippen LogP contribution < -0.4 is 10.6 Å². The quantitative estimate of drug-likeness (QED) is 0.775. The van der Waals surface area contributed by atoms with Gasteiger partial charge in [-0.3, -0.25) is 15.1 Å². The summed E-state index contributed by atoms with van der Waals surface area (Å²) in [6.07, 6.45) is 1.65. The van der Waals surface area contributed by atoms with Gasteiger partial charge >= 0.3 is 0 Å². The molecular weight excluding hydrogens is 376 g/mol. The lowest BCUT2D eigenvalue weighted by molar-refractivity contribution is -0.120. The molecule has 2 heterocycles. The van der Waals surface area contributed by atoms with Gasteiger partial charge in [-0.2, -0.15) is 0 Å². The zero-order chi connectivity index (χ0) is 14.2. The van der Waals surface area contributed by atoms with E-state index in [1.807, 2.05) is 26.8 Å². The maximum absolute atomic E-state index is 12.0. The average molecular weight is 390 g/mol. The first kappa shape index (κ1) is 14.5. The van der Waals surface area contributed by atoms with Crippen molar-refractivity contribution in [2.24, 2.45) is 4.99 Å². The monoisotopic (exact) mass is 388 g/mol. The Hall–Kier alpha value is -0.950. The third-order valence-electron chi connectivity index (χ3n) is 2.34. The number of carbonyl (C=O) groups excluding carboxylic acids is 1. The summed E-state index contributed by atoms with van der Waals surface area (Å²) in [5, 5.41) is 5.87. The first-order chi connectivity index (χ1) is 8.76. The number of rotatable bonds is 1. The number of hydrogen-bond acceptors (Lipinski definition) is 4. The van der Waals surface area contributed by atoms with Crippen LogP contribution in [0.2, 0.25) is 0 Å². The van der Waals surface area contributed by atoms with Crippen molar-refractivity contribution in [2.45, 2.75) is 32.4 Å². The van der Waals surface area contributed by atoms with E-state index in [0.29, 0.717) is 11.7 Å². The minimum absolute atomic E-state index is 0.161. The van der Waals surface area contributed by atoms with E-state index in [4.69, 9.17) is 0 Å². The summed E-state index contributed by atoms with van der Waals surface area (Å²) in [6.45, 7) is 6.01. The Bertz CT molecular complexity index is 551. The first-order valence-corrected chi connectivity index (χ1v) is 7.33. The van der Waals surface area contributed by atoms with Gasteiger partial charge in [-0.15, -0.1) is 0 Å². The standard InChI is InChI=1S/C12H14Br2N4O/c1-12(2,3)18-11-16-9(10(19)17-11)8-7(14)4-6(13)5-15-8/h4-5,9H,1-3H3,(H2,16,17,18,19). The van der Waals surface area contributed by atoms with Crippen LogP contribution in [0, 0.1) is 0 Å². The fourth-order valence-electron chi connectivity index (χ4n) is 1.64. The molecule has 0 spiro atoms. The van der Waals surface area contributed by atoms with Crippen molar-refractivity contribution in [1.29, 1.82) is 0 Å². The molecule has 1 unspecified atom stereocenters. The van der Waals surface area contributed by atoms with Gasteiger partial charge in [0.2, 0.25) is 0 Å². The lowest BCUT2D eigenvalue weighted by atomic mass is 10.1. The minimum Gasteiger partial charge on any atom is -0.351 e. The lowest BCUT2D eigenvalue weighted by Gasteiger charge is -2.21. The van der Waals surface area contributed by atoms with E-state index in [9.17, 15) is 4.79 Å². The number of nitrogens with zero attached hydrogens (tertiary/aromatic N) is 2. The molecule has 0 aromatic carbocycles. The second-order valence-electron chi connectivity index (χ2n) is 5.27. The van der Waals surface area contributed by atoms with E-state index in [1.54, 1.807) is 6.20 Å². The third kappa shape index (κ3) is 3.54. The number of hydrogen-bond donors (Lipinski definition) is 2. The highest BCUT2D eigenvalue weighted by molar-refractivity contribution is 9.11. The van der Waals surface area contributed by atoms with Gasteiger partial charge in [0.05, 0.1) is 5.69 Å². The van der Waals surface area contributed by atoms with Crippen molar-refractivity contribution in [2.75, 3.05) is 0 Å². The summed E-state index contributed by atoms with van der Waals surface area (Å²) in [4.78, 5) is 20.6. The van der Waals surface area contributed by atoms with E-state index < -0.39 is 6.04 Å². The van der Waals surface area contributed by atoms with Gasteiger partial charge in [0.1, 0.15) is 0 Å². The summed E-state index contributed by atoms with van der Waals surface area (Å²) in [5.74, 6) is 0.307. The fraction of sp³-hybridized carbons (Fsp3) is 0.417. The first-order valence-electron chi connectivity index (χ1n) is 5.74. The van der Waals surface area contributed by atoms with Crippen molar-refractivity contribution in [3.63, 3.8) is 0 Å². The molecule has 2 rings (SSSR count). The topological polar surface area (TPSA) is 66.4 Å². The van der Waals surface area contributed by atoms with Gasteiger partial charge in [-0.25, -0.2) is 4.99 Å². The van der Waals surface area contributed by atoms with Crippen LogP contribution in [-0.2, 0) is 4.79 Å². The molecule has 0 saturated carbocycles. The van der Waals surface area contributed by atoms with Crippen LogP contribution in [0.3, 0.4) is 0 Å². The minimum atomic E-state index is -0.618. The van der Waals surface area contributed by atoms with Gasteiger partial charge in [0.25, 0.3) is 5.91 Å². The van der Waals surface area contributed by atoms with Crippen LogP contribution >= 0.6 is 31.9 Å². The van der Waals surface area contributed by atoms with Crippen molar-refractivity contribution < 1.29 is 4.79 Å². The smallest absolute Gasteiger partial charge is 0.257 e. The highest BCUT2D eigenvalue weighted by atomic mass is 79.9. The molecule has 0 fully saturated rings. The highest BCUT2D eigenvalue weighted by Gasteiger charge is 2.31. The zero-order valence-corrected chi connectivity index (χ0v) is 14.0. The van der Waals surface area contributed by atoms with Crippen LogP contribution in [0.5, 0.6) is 0 Å². The van der Waals surface area contributed by atoms with Crippen LogP contribution in [0.15, 0.2) is 26.2 Å². The fourth-order valence-corrected chi connectivity index (χ4v) is 2.84. The second kappa shape index (κ2) is 5.20. The van der Waals surface area contributed by atoms with E-state index >= 15 is 0 Å². The molecule has 102 valence electrons. The molecular formula is C12H14Br2N4O. The molecule has 1 atom stereocenters. The maximum Gasteiger partial charge on any atom is 0.257 e. The van der Waals surface area contributed by atoms with Crippen molar-refractivity contribution in [3.8, 4) is 0 Å². The van der Waals surface area contributed by atoms with Gasteiger partial charge in [0, 0.05) is 20.7 Å². The van der Waals surface area contributed by atoms with Crippen LogP contribution in [0.4, 0.5) is 0 Å². The Morgan fingerprint density at radius 1 is 1.37 bits per heavy atom. The average Bonchev–Trinajstić information content (AvgIpc) is 2.56. The molecule has 1 aromatic heterocycles. The molecule has 5 nitrogen and oxygen atoms in total. The maximum atomic E-state index is 12.0. The normalized spacial score (nSPS) is 19.1.